The van der Waals surface area contributed by atoms with E-state index in [1.165, 1.54) is 18.2 Å². The van der Waals surface area contributed by atoms with Crippen molar-refractivity contribution in [1.29, 1.82) is 0 Å². The fourth-order valence-corrected chi connectivity index (χ4v) is 4.03. The molecule has 0 saturated carbocycles. The van der Waals surface area contributed by atoms with Crippen LogP contribution in [0.2, 0.25) is 5.02 Å². The van der Waals surface area contributed by atoms with Crippen LogP contribution in [-0.4, -0.2) is 32.6 Å². The largest absolute Gasteiger partial charge is 0.417 e. The second-order valence-corrected chi connectivity index (χ2v) is 8.53. The minimum Gasteiger partial charge on any atom is -0.272 e. The molecule has 1 N–H and O–H groups in total. The number of amides is 1. The smallest absolute Gasteiger partial charge is 0.272 e. The molecule has 0 saturated heterocycles. The Morgan fingerprint density at radius 3 is 2.40 bits per heavy atom. The Hall–Kier alpha value is -3.63. The predicted molar refractivity (Wildman–Crippen MR) is 130 cm³/mol. The number of rotatable bonds is 7. The molecule has 3 aromatic carbocycles. The number of carbonyl (C=O) groups is 1. The van der Waals surface area contributed by atoms with Gasteiger partial charge in [-0.3, -0.25) is 9.36 Å². The Labute approximate surface area is 207 Å². The lowest BCUT2D eigenvalue weighted by Gasteiger charge is -2.10. The number of carbonyl (C=O) groups excluding carboxylic acids is 1. The molecule has 1 amide bonds. The number of hydrogen-bond acceptors (Lipinski definition) is 5. The number of benzene rings is 3. The zero-order chi connectivity index (χ0) is 24.8. The molecule has 35 heavy (non-hydrogen) atoms. The fraction of sp³-hybridized carbons (Fsp3) is 0.0833. The van der Waals surface area contributed by atoms with Gasteiger partial charge in [-0.05, 0) is 30.3 Å². The predicted octanol–water partition coefficient (Wildman–Crippen LogP) is 5.85. The number of nitrogens with zero attached hydrogens (tertiary/aromatic N) is 4. The second kappa shape index (κ2) is 10.7. The van der Waals surface area contributed by atoms with Crippen molar-refractivity contribution in [3.63, 3.8) is 0 Å². The lowest BCUT2D eigenvalue weighted by molar-refractivity contribution is -0.137. The van der Waals surface area contributed by atoms with Crippen molar-refractivity contribution in [1.82, 2.24) is 20.2 Å². The number of thioether (sulfide) groups is 1. The SMILES string of the molecule is O=C(CSc1nnc(-c2ccccc2)n1-c1ccc(Cl)cc1)NN=Cc1ccccc1C(F)(F)F. The van der Waals surface area contributed by atoms with Gasteiger partial charge in [0.2, 0.25) is 0 Å². The number of halogens is 4. The molecule has 0 fully saturated rings. The summed E-state index contributed by atoms with van der Waals surface area (Å²) in [6, 6.07) is 21.5. The molecule has 1 heterocycles. The Morgan fingerprint density at radius 1 is 1.00 bits per heavy atom. The van der Waals surface area contributed by atoms with Crippen molar-refractivity contribution in [3.8, 4) is 17.1 Å². The lowest BCUT2D eigenvalue weighted by atomic mass is 10.1. The summed E-state index contributed by atoms with van der Waals surface area (Å²) in [5.41, 5.74) is 2.85. The van der Waals surface area contributed by atoms with Crippen LogP contribution in [0.3, 0.4) is 0 Å². The molecule has 0 radical (unpaired) electrons. The number of aromatic nitrogens is 3. The Morgan fingerprint density at radius 2 is 1.69 bits per heavy atom. The van der Waals surface area contributed by atoms with E-state index in [9.17, 15) is 18.0 Å². The van der Waals surface area contributed by atoms with Crippen LogP contribution in [0, 0.1) is 0 Å². The van der Waals surface area contributed by atoms with Crippen molar-refractivity contribution >= 4 is 35.5 Å². The topological polar surface area (TPSA) is 72.2 Å². The molecule has 0 atom stereocenters. The zero-order valence-electron chi connectivity index (χ0n) is 17.9. The number of hydrazone groups is 1. The monoisotopic (exact) mass is 515 g/mol. The highest BCUT2D eigenvalue weighted by atomic mass is 35.5. The van der Waals surface area contributed by atoms with E-state index in [0.29, 0.717) is 16.0 Å². The van der Waals surface area contributed by atoms with Crippen molar-refractivity contribution in [3.05, 3.63) is 95.0 Å². The summed E-state index contributed by atoms with van der Waals surface area (Å²) in [4.78, 5) is 12.3. The molecular formula is C24H17ClF3N5OS. The van der Waals surface area contributed by atoms with Gasteiger partial charge in [-0.2, -0.15) is 18.3 Å². The lowest BCUT2D eigenvalue weighted by Crippen LogP contribution is -2.20. The Bertz CT molecular complexity index is 1340. The Kier molecular flexibility index (Phi) is 7.52. The third-order valence-electron chi connectivity index (χ3n) is 4.74. The summed E-state index contributed by atoms with van der Waals surface area (Å²) in [5.74, 6) is -0.0149. The van der Waals surface area contributed by atoms with Gasteiger partial charge in [0, 0.05) is 21.8 Å². The average Bonchev–Trinajstić information content (AvgIpc) is 3.27. The molecule has 0 unspecified atom stereocenters. The molecule has 6 nitrogen and oxygen atoms in total. The normalized spacial score (nSPS) is 11.7. The van der Waals surface area contributed by atoms with Gasteiger partial charge in [-0.25, -0.2) is 5.43 Å². The van der Waals surface area contributed by atoms with Crippen LogP contribution in [0.25, 0.3) is 17.1 Å². The van der Waals surface area contributed by atoms with Gasteiger partial charge in [0.05, 0.1) is 17.5 Å². The maximum atomic E-state index is 13.1. The van der Waals surface area contributed by atoms with Crippen molar-refractivity contribution < 1.29 is 18.0 Å². The zero-order valence-corrected chi connectivity index (χ0v) is 19.5. The van der Waals surface area contributed by atoms with Gasteiger partial charge in [-0.15, -0.1) is 10.2 Å². The van der Waals surface area contributed by atoms with Gasteiger partial charge in [0.15, 0.2) is 11.0 Å². The van der Waals surface area contributed by atoms with E-state index < -0.39 is 17.6 Å². The quantitative estimate of drug-likeness (QED) is 0.190. The highest BCUT2D eigenvalue weighted by Crippen LogP contribution is 2.31. The third-order valence-corrected chi connectivity index (χ3v) is 5.92. The molecule has 0 aliphatic heterocycles. The van der Waals surface area contributed by atoms with E-state index >= 15 is 0 Å². The highest BCUT2D eigenvalue weighted by Gasteiger charge is 2.32. The van der Waals surface area contributed by atoms with Crippen LogP contribution in [0.5, 0.6) is 0 Å². The molecular weight excluding hydrogens is 499 g/mol. The fourth-order valence-electron chi connectivity index (χ4n) is 3.16. The van der Waals surface area contributed by atoms with Crippen LogP contribution in [-0.2, 0) is 11.0 Å². The van der Waals surface area contributed by atoms with Crippen LogP contribution >= 0.6 is 23.4 Å². The van der Waals surface area contributed by atoms with E-state index in [-0.39, 0.29) is 11.3 Å². The third kappa shape index (κ3) is 6.09. The van der Waals surface area contributed by atoms with Crippen LogP contribution in [0.15, 0.2) is 89.1 Å². The summed E-state index contributed by atoms with van der Waals surface area (Å²) in [6.45, 7) is 0. The minimum atomic E-state index is -4.52. The average molecular weight is 516 g/mol. The van der Waals surface area contributed by atoms with E-state index in [4.69, 9.17) is 11.6 Å². The van der Waals surface area contributed by atoms with E-state index in [0.717, 1.165) is 35.3 Å². The number of nitrogens with one attached hydrogen (secondary N) is 1. The summed E-state index contributed by atoms with van der Waals surface area (Å²) >= 11 is 7.14. The molecule has 4 aromatic rings. The molecule has 178 valence electrons. The van der Waals surface area contributed by atoms with Crippen LogP contribution in [0.1, 0.15) is 11.1 Å². The second-order valence-electron chi connectivity index (χ2n) is 7.15. The maximum Gasteiger partial charge on any atom is 0.417 e. The van der Waals surface area contributed by atoms with Gasteiger partial charge in [-0.1, -0.05) is 71.9 Å². The van der Waals surface area contributed by atoms with Crippen molar-refractivity contribution in [2.75, 3.05) is 5.75 Å². The first kappa shape index (κ1) is 24.5. The summed E-state index contributed by atoms with van der Waals surface area (Å²) in [7, 11) is 0. The molecule has 0 bridgehead atoms. The van der Waals surface area contributed by atoms with E-state index in [1.807, 2.05) is 42.5 Å². The van der Waals surface area contributed by atoms with E-state index in [1.54, 1.807) is 16.7 Å². The Balaban J connectivity index is 1.49. The molecule has 11 heteroatoms. The van der Waals surface area contributed by atoms with Crippen LogP contribution in [0.4, 0.5) is 13.2 Å². The van der Waals surface area contributed by atoms with Crippen molar-refractivity contribution in [2.45, 2.75) is 11.3 Å². The summed E-state index contributed by atoms with van der Waals surface area (Å²) < 4.78 is 41.1. The standard InChI is InChI=1S/C24H17ClF3N5OS/c25-18-10-12-19(13-11-18)33-22(16-6-2-1-3-7-16)31-32-23(33)35-15-21(34)30-29-14-17-8-4-5-9-20(17)24(26,27)28/h1-14H,15H2,(H,30,34). The molecule has 1 aromatic heterocycles. The number of hydrogen-bond donors (Lipinski definition) is 1. The first-order valence-electron chi connectivity index (χ1n) is 10.2. The molecule has 0 aliphatic carbocycles. The van der Waals surface area contributed by atoms with E-state index in [2.05, 4.69) is 20.7 Å². The molecule has 4 rings (SSSR count). The van der Waals surface area contributed by atoms with Gasteiger partial charge in [0.1, 0.15) is 0 Å². The summed E-state index contributed by atoms with van der Waals surface area (Å²) in [6.07, 6.45) is -3.56. The minimum absolute atomic E-state index is 0.0846. The maximum absolute atomic E-state index is 13.1. The molecule has 0 spiro atoms. The van der Waals surface area contributed by atoms with Gasteiger partial charge in [0.25, 0.3) is 5.91 Å². The highest BCUT2D eigenvalue weighted by molar-refractivity contribution is 7.99. The van der Waals surface area contributed by atoms with Gasteiger partial charge >= 0.3 is 6.18 Å². The van der Waals surface area contributed by atoms with Crippen molar-refractivity contribution in [2.24, 2.45) is 5.10 Å². The molecule has 0 aliphatic rings. The van der Waals surface area contributed by atoms with Gasteiger partial charge < -0.3 is 0 Å². The van der Waals surface area contributed by atoms with Crippen LogP contribution < -0.4 is 5.43 Å². The number of alkyl halides is 3. The first-order chi connectivity index (χ1) is 16.8. The summed E-state index contributed by atoms with van der Waals surface area (Å²) in [5, 5.41) is 13.2. The first-order valence-corrected chi connectivity index (χ1v) is 11.6.